The summed E-state index contributed by atoms with van der Waals surface area (Å²) in [5.74, 6) is 0.239. The van der Waals surface area contributed by atoms with Gasteiger partial charge >= 0.3 is 6.09 Å². The van der Waals surface area contributed by atoms with E-state index in [1.54, 1.807) is 33.2 Å². The van der Waals surface area contributed by atoms with Crippen LogP contribution in [0.1, 0.15) is 40.2 Å². The van der Waals surface area contributed by atoms with Crippen LogP contribution in [-0.4, -0.2) is 27.0 Å². The second-order valence-electron chi connectivity index (χ2n) is 5.94. The van der Waals surface area contributed by atoms with Gasteiger partial charge in [0.15, 0.2) is 0 Å². The van der Waals surface area contributed by atoms with Gasteiger partial charge in [-0.2, -0.15) is 0 Å². The molecule has 19 heavy (non-hydrogen) atoms. The van der Waals surface area contributed by atoms with E-state index in [9.17, 15) is 4.79 Å². The van der Waals surface area contributed by atoms with Gasteiger partial charge < -0.3 is 4.74 Å². The monoisotopic (exact) mass is 329 g/mol. The number of halogens is 1. The van der Waals surface area contributed by atoms with Crippen molar-refractivity contribution < 1.29 is 9.53 Å². The lowest BCUT2D eigenvalue weighted by Crippen LogP contribution is -2.28. The first-order valence-electron chi connectivity index (χ1n) is 6.02. The van der Waals surface area contributed by atoms with Crippen molar-refractivity contribution in [2.45, 2.75) is 45.6 Å². The normalized spacial score (nSPS) is 12.1. The summed E-state index contributed by atoms with van der Waals surface area (Å²) < 4.78 is 5.12. The maximum Gasteiger partial charge on any atom is 0.414 e. The Bertz CT molecular complexity index is 438. The minimum atomic E-state index is -0.556. The van der Waals surface area contributed by atoms with Gasteiger partial charge in [-0.3, -0.25) is 5.32 Å². The number of hydrogen-bond donors (Lipinski definition) is 1. The summed E-state index contributed by atoms with van der Waals surface area (Å²) >= 11 is 3.45. The van der Waals surface area contributed by atoms with E-state index in [1.807, 2.05) is 0 Å². The number of carbonyl (C=O) groups is 1. The van der Waals surface area contributed by atoms with Crippen LogP contribution in [0.3, 0.4) is 0 Å². The maximum absolute atomic E-state index is 11.5. The summed E-state index contributed by atoms with van der Waals surface area (Å²) in [7, 11) is 0. The van der Waals surface area contributed by atoms with Crippen molar-refractivity contribution >= 4 is 28.0 Å². The Morgan fingerprint density at radius 1 is 1.26 bits per heavy atom. The van der Waals surface area contributed by atoms with E-state index >= 15 is 0 Å². The van der Waals surface area contributed by atoms with Crippen LogP contribution in [0.2, 0.25) is 0 Å². The number of hydrogen-bond acceptors (Lipinski definition) is 4. The molecule has 0 atom stereocenters. The van der Waals surface area contributed by atoms with Crippen molar-refractivity contribution in [1.82, 2.24) is 9.97 Å². The molecule has 0 radical (unpaired) electrons. The Hall–Kier alpha value is -1.17. The van der Waals surface area contributed by atoms with Gasteiger partial charge in [-0.25, -0.2) is 14.8 Å². The van der Waals surface area contributed by atoms with E-state index in [4.69, 9.17) is 4.74 Å². The van der Waals surface area contributed by atoms with Gasteiger partial charge in [-0.1, -0.05) is 29.8 Å². The molecule has 0 aliphatic rings. The Kier molecular flexibility index (Phi) is 4.90. The second kappa shape index (κ2) is 5.86. The van der Waals surface area contributed by atoms with E-state index in [-0.39, 0.29) is 11.4 Å². The van der Waals surface area contributed by atoms with Crippen molar-refractivity contribution in [2.75, 3.05) is 10.6 Å². The van der Waals surface area contributed by atoms with Gasteiger partial charge in [0.05, 0.1) is 0 Å². The van der Waals surface area contributed by atoms with Crippen molar-refractivity contribution in [3.05, 3.63) is 18.0 Å². The zero-order valence-corrected chi connectivity index (χ0v) is 13.5. The SMILES string of the molecule is CC(C)(C)OC(=O)Nc1ncc(C(C)(C)CBr)cn1. The number of nitrogens with one attached hydrogen (secondary N) is 1. The van der Waals surface area contributed by atoms with Crippen LogP contribution in [0.4, 0.5) is 10.7 Å². The molecule has 0 saturated carbocycles. The fourth-order valence-electron chi connectivity index (χ4n) is 1.21. The number of ether oxygens (including phenoxy) is 1. The minimum Gasteiger partial charge on any atom is -0.444 e. The van der Waals surface area contributed by atoms with E-state index in [1.165, 1.54) is 0 Å². The van der Waals surface area contributed by atoms with Crippen LogP contribution in [0, 0.1) is 0 Å². The van der Waals surface area contributed by atoms with Gasteiger partial charge in [0, 0.05) is 23.1 Å². The first kappa shape index (κ1) is 15.9. The molecule has 0 bridgehead atoms. The lowest BCUT2D eigenvalue weighted by atomic mass is 9.89. The van der Waals surface area contributed by atoms with E-state index in [0.717, 1.165) is 10.9 Å². The number of amides is 1. The van der Waals surface area contributed by atoms with Crippen LogP contribution in [0.15, 0.2) is 12.4 Å². The average Bonchev–Trinajstić information content (AvgIpc) is 2.27. The average molecular weight is 330 g/mol. The molecule has 1 rings (SSSR count). The number of nitrogens with zero attached hydrogens (tertiary/aromatic N) is 2. The number of alkyl halides is 1. The first-order chi connectivity index (χ1) is 8.64. The predicted octanol–water partition coefficient (Wildman–Crippen LogP) is 3.50. The Labute approximate surface area is 122 Å². The Morgan fingerprint density at radius 2 is 1.79 bits per heavy atom. The zero-order valence-electron chi connectivity index (χ0n) is 12.0. The Morgan fingerprint density at radius 3 is 2.21 bits per heavy atom. The third-order valence-corrected chi connectivity index (χ3v) is 3.78. The van der Waals surface area contributed by atoms with Crippen molar-refractivity contribution in [1.29, 1.82) is 0 Å². The number of aromatic nitrogens is 2. The fourth-order valence-corrected chi connectivity index (χ4v) is 1.54. The molecular weight excluding hydrogens is 310 g/mol. The van der Waals surface area contributed by atoms with Gasteiger partial charge in [-0.15, -0.1) is 0 Å². The van der Waals surface area contributed by atoms with Crippen LogP contribution in [0.5, 0.6) is 0 Å². The topological polar surface area (TPSA) is 64.1 Å². The lowest BCUT2D eigenvalue weighted by molar-refractivity contribution is 0.0634. The number of anilines is 1. The molecule has 0 unspecified atom stereocenters. The molecule has 1 aromatic heterocycles. The molecule has 0 aliphatic carbocycles. The second-order valence-corrected chi connectivity index (χ2v) is 6.50. The molecule has 1 N–H and O–H groups in total. The minimum absolute atomic E-state index is 0.0511. The summed E-state index contributed by atoms with van der Waals surface area (Å²) in [4.78, 5) is 19.8. The van der Waals surface area contributed by atoms with Crippen LogP contribution in [-0.2, 0) is 10.2 Å². The van der Waals surface area contributed by atoms with Crippen LogP contribution < -0.4 is 5.32 Å². The largest absolute Gasteiger partial charge is 0.444 e. The number of rotatable bonds is 3. The molecule has 0 aromatic carbocycles. The zero-order chi connectivity index (χ0) is 14.7. The summed E-state index contributed by atoms with van der Waals surface area (Å²) in [6.45, 7) is 9.57. The standard InChI is InChI=1S/C13H20BrN3O2/c1-12(2,3)19-11(18)17-10-15-6-9(7-16-10)13(4,5)8-14/h6-7H,8H2,1-5H3,(H,15,16,17,18). The molecule has 0 aliphatic heterocycles. The highest BCUT2D eigenvalue weighted by molar-refractivity contribution is 9.09. The van der Waals surface area contributed by atoms with Crippen molar-refractivity contribution in [2.24, 2.45) is 0 Å². The molecule has 1 amide bonds. The third-order valence-electron chi connectivity index (χ3n) is 2.38. The van der Waals surface area contributed by atoms with Crippen LogP contribution >= 0.6 is 15.9 Å². The highest BCUT2D eigenvalue weighted by Crippen LogP contribution is 2.24. The third kappa shape index (κ3) is 5.14. The van der Waals surface area contributed by atoms with E-state index < -0.39 is 11.7 Å². The number of carbonyl (C=O) groups excluding carboxylic acids is 1. The molecule has 6 heteroatoms. The van der Waals surface area contributed by atoms with Crippen molar-refractivity contribution in [3.63, 3.8) is 0 Å². The van der Waals surface area contributed by atoms with E-state index in [0.29, 0.717) is 0 Å². The molecule has 0 saturated heterocycles. The summed E-state index contributed by atoms with van der Waals surface area (Å²) in [6, 6.07) is 0. The molecule has 1 heterocycles. The molecule has 5 nitrogen and oxygen atoms in total. The van der Waals surface area contributed by atoms with Gasteiger partial charge in [-0.05, 0) is 26.3 Å². The summed E-state index contributed by atoms with van der Waals surface area (Å²) in [5.41, 5.74) is 0.408. The van der Waals surface area contributed by atoms with Gasteiger partial charge in [0.2, 0.25) is 5.95 Å². The van der Waals surface area contributed by atoms with Crippen molar-refractivity contribution in [3.8, 4) is 0 Å². The summed E-state index contributed by atoms with van der Waals surface area (Å²) in [5, 5.41) is 3.31. The summed E-state index contributed by atoms with van der Waals surface area (Å²) in [6.07, 6.45) is 2.86. The molecule has 106 valence electrons. The highest BCUT2D eigenvalue weighted by atomic mass is 79.9. The Balaban J connectivity index is 2.70. The molecule has 0 spiro atoms. The van der Waals surface area contributed by atoms with E-state index in [2.05, 4.69) is 45.1 Å². The first-order valence-corrected chi connectivity index (χ1v) is 7.15. The molecule has 0 fully saturated rings. The maximum atomic E-state index is 11.5. The fraction of sp³-hybridized carbons (Fsp3) is 0.615. The molecular formula is C13H20BrN3O2. The predicted molar refractivity (Wildman–Crippen MR) is 78.7 cm³/mol. The molecule has 1 aromatic rings. The van der Waals surface area contributed by atoms with Gasteiger partial charge in [0.1, 0.15) is 5.60 Å². The van der Waals surface area contributed by atoms with Crippen LogP contribution in [0.25, 0.3) is 0 Å². The van der Waals surface area contributed by atoms with Gasteiger partial charge in [0.25, 0.3) is 0 Å². The smallest absolute Gasteiger partial charge is 0.414 e. The highest BCUT2D eigenvalue weighted by Gasteiger charge is 2.21. The quantitative estimate of drug-likeness (QED) is 0.862. The lowest BCUT2D eigenvalue weighted by Gasteiger charge is -2.21.